The summed E-state index contributed by atoms with van der Waals surface area (Å²) in [7, 11) is 0. The fourth-order valence-electron chi connectivity index (χ4n) is 2.26. The summed E-state index contributed by atoms with van der Waals surface area (Å²) in [5, 5.41) is 22.6. The smallest absolute Gasteiger partial charge is 0.308 e. The van der Waals surface area contributed by atoms with Gasteiger partial charge in [0.15, 0.2) is 0 Å². The Morgan fingerprint density at radius 3 is 2.57 bits per heavy atom. The van der Waals surface area contributed by atoms with E-state index in [0.29, 0.717) is 12.1 Å². The molecule has 2 unspecified atom stereocenters. The highest BCUT2D eigenvalue weighted by Crippen LogP contribution is 2.40. The fourth-order valence-corrected chi connectivity index (χ4v) is 2.26. The number of carbonyl (C=O) groups excluding carboxylic acids is 1. The van der Waals surface area contributed by atoms with Gasteiger partial charge in [-0.05, 0) is 12.5 Å². The van der Waals surface area contributed by atoms with Gasteiger partial charge in [0.25, 0.3) is 5.91 Å². The van der Waals surface area contributed by atoms with Gasteiger partial charge in [-0.3, -0.25) is 14.9 Å². The number of nitro benzene ring substituents is 1. The third kappa shape index (κ3) is 2.58. The zero-order chi connectivity index (χ0) is 15.9. The average Bonchev–Trinajstić information content (AvgIpc) is 2.40. The SMILES string of the molecule is CC1(C)C(O)CC1NC(=O)c1cc(F)cc([N+](=O)[O-])c1F. The van der Waals surface area contributed by atoms with Crippen LogP contribution in [-0.2, 0) is 0 Å². The molecule has 1 aromatic carbocycles. The maximum absolute atomic E-state index is 13.9. The lowest BCUT2D eigenvalue weighted by Gasteiger charge is -2.49. The highest BCUT2D eigenvalue weighted by atomic mass is 19.1. The van der Waals surface area contributed by atoms with Gasteiger partial charge in [-0.2, -0.15) is 4.39 Å². The van der Waals surface area contributed by atoms with Crippen LogP contribution < -0.4 is 5.32 Å². The molecule has 21 heavy (non-hydrogen) atoms. The Morgan fingerprint density at radius 1 is 1.48 bits per heavy atom. The molecule has 0 radical (unpaired) electrons. The van der Waals surface area contributed by atoms with Crippen molar-refractivity contribution in [2.75, 3.05) is 0 Å². The van der Waals surface area contributed by atoms with Crippen LogP contribution in [0.25, 0.3) is 0 Å². The van der Waals surface area contributed by atoms with Gasteiger partial charge in [0.1, 0.15) is 5.82 Å². The zero-order valence-corrected chi connectivity index (χ0v) is 11.4. The van der Waals surface area contributed by atoms with E-state index < -0.39 is 51.3 Å². The number of carbonyl (C=O) groups is 1. The van der Waals surface area contributed by atoms with E-state index in [0.717, 1.165) is 0 Å². The molecule has 0 bridgehead atoms. The van der Waals surface area contributed by atoms with E-state index >= 15 is 0 Å². The van der Waals surface area contributed by atoms with Gasteiger partial charge >= 0.3 is 5.69 Å². The van der Waals surface area contributed by atoms with Crippen molar-refractivity contribution in [3.05, 3.63) is 39.4 Å². The van der Waals surface area contributed by atoms with Crippen LogP contribution >= 0.6 is 0 Å². The molecule has 1 aliphatic rings. The number of rotatable bonds is 3. The minimum Gasteiger partial charge on any atom is -0.392 e. The first-order valence-corrected chi connectivity index (χ1v) is 6.27. The van der Waals surface area contributed by atoms with E-state index in [-0.39, 0.29) is 6.42 Å². The first-order valence-electron chi connectivity index (χ1n) is 6.27. The third-order valence-corrected chi connectivity index (χ3v) is 3.98. The summed E-state index contributed by atoms with van der Waals surface area (Å²) in [4.78, 5) is 21.5. The van der Waals surface area contributed by atoms with Crippen molar-refractivity contribution in [2.24, 2.45) is 5.41 Å². The van der Waals surface area contributed by atoms with Crippen LogP contribution in [0, 0.1) is 27.2 Å². The van der Waals surface area contributed by atoms with Gasteiger partial charge in [0.05, 0.1) is 22.7 Å². The summed E-state index contributed by atoms with van der Waals surface area (Å²) in [5.41, 5.74) is -2.40. The molecule has 2 atom stereocenters. The Kier molecular flexibility index (Phi) is 3.66. The van der Waals surface area contributed by atoms with Crippen molar-refractivity contribution in [1.29, 1.82) is 0 Å². The number of hydrogen-bond acceptors (Lipinski definition) is 4. The maximum Gasteiger partial charge on any atom is 0.308 e. The third-order valence-electron chi connectivity index (χ3n) is 3.98. The fraction of sp³-hybridized carbons (Fsp3) is 0.462. The Labute approximate surface area is 118 Å². The second kappa shape index (κ2) is 5.03. The van der Waals surface area contributed by atoms with Crippen molar-refractivity contribution in [3.8, 4) is 0 Å². The number of nitrogens with one attached hydrogen (secondary N) is 1. The Bertz CT molecular complexity index is 618. The van der Waals surface area contributed by atoms with Gasteiger partial charge in [-0.15, -0.1) is 0 Å². The number of halogens is 2. The van der Waals surface area contributed by atoms with Crippen LogP contribution in [0.1, 0.15) is 30.6 Å². The molecule has 1 saturated carbocycles. The highest BCUT2D eigenvalue weighted by Gasteiger charge is 2.48. The topological polar surface area (TPSA) is 92.5 Å². The molecule has 2 rings (SSSR count). The van der Waals surface area contributed by atoms with Crippen LogP contribution in [0.15, 0.2) is 12.1 Å². The number of aliphatic hydroxyl groups excluding tert-OH is 1. The molecule has 0 aliphatic heterocycles. The van der Waals surface area contributed by atoms with E-state index in [1.54, 1.807) is 13.8 Å². The molecule has 1 aromatic rings. The standard InChI is InChI=1S/C13H14F2N2O4/c1-13(2)9(5-10(13)18)16-12(19)7-3-6(14)4-8(11(7)15)17(20)21/h3-4,9-10,18H,5H2,1-2H3,(H,16,19). The van der Waals surface area contributed by atoms with E-state index in [1.807, 2.05) is 0 Å². The van der Waals surface area contributed by atoms with E-state index in [9.17, 15) is 28.8 Å². The maximum atomic E-state index is 13.9. The first kappa shape index (κ1) is 15.3. The van der Waals surface area contributed by atoms with Gasteiger partial charge in [-0.1, -0.05) is 13.8 Å². The number of nitro groups is 1. The van der Waals surface area contributed by atoms with E-state index in [4.69, 9.17) is 0 Å². The van der Waals surface area contributed by atoms with Crippen LogP contribution in [0.2, 0.25) is 0 Å². The second-order valence-electron chi connectivity index (χ2n) is 5.64. The molecule has 0 saturated heterocycles. The summed E-state index contributed by atoms with van der Waals surface area (Å²) in [6, 6.07) is 0.616. The lowest BCUT2D eigenvalue weighted by Crippen LogP contribution is -2.61. The molecule has 6 nitrogen and oxygen atoms in total. The monoisotopic (exact) mass is 300 g/mol. The normalized spacial score (nSPS) is 23.3. The summed E-state index contributed by atoms with van der Waals surface area (Å²) < 4.78 is 27.2. The quantitative estimate of drug-likeness (QED) is 0.657. The number of benzene rings is 1. The Balaban J connectivity index is 2.26. The van der Waals surface area contributed by atoms with Crippen molar-refractivity contribution < 1.29 is 23.6 Å². The van der Waals surface area contributed by atoms with Gasteiger partial charge in [0, 0.05) is 11.5 Å². The lowest BCUT2D eigenvalue weighted by atomic mass is 9.64. The average molecular weight is 300 g/mol. The molecule has 0 spiro atoms. The molecule has 1 amide bonds. The molecule has 2 N–H and O–H groups in total. The Hall–Kier alpha value is -2.09. The lowest BCUT2D eigenvalue weighted by molar-refractivity contribution is -0.387. The molecule has 0 heterocycles. The molecule has 0 aromatic heterocycles. The summed E-state index contributed by atoms with van der Waals surface area (Å²) >= 11 is 0. The van der Waals surface area contributed by atoms with Crippen LogP contribution in [0.5, 0.6) is 0 Å². The number of nitrogens with zero attached hydrogens (tertiary/aromatic N) is 1. The predicted molar refractivity (Wildman–Crippen MR) is 68.7 cm³/mol. The molecular weight excluding hydrogens is 286 g/mol. The van der Waals surface area contributed by atoms with Crippen LogP contribution in [0.3, 0.4) is 0 Å². The molecule has 8 heteroatoms. The number of aliphatic hydroxyl groups is 1. The largest absolute Gasteiger partial charge is 0.392 e. The molecular formula is C13H14F2N2O4. The van der Waals surface area contributed by atoms with E-state index in [1.165, 1.54) is 0 Å². The molecule has 1 aliphatic carbocycles. The second-order valence-corrected chi connectivity index (χ2v) is 5.64. The number of hydrogen-bond donors (Lipinski definition) is 2. The summed E-state index contributed by atoms with van der Waals surface area (Å²) in [5.74, 6) is -3.39. The van der Waals surface area contributed by atoms with Gasteiger partial charge in [0.2, 0.25) is 5.82 Å². The molecule has 1 fully saturated rings. The van der Waals surface area contributed by atoms with Crippen molar-refractivity contribution >= 4 is 11.6 Å². The van der Waals surface area contributed by atoms with Crippen molar-refractivity contribution in [1.82, 2.24) is 5.32 Å². The Morgan fingerprint density at radius 2 is 2.10 bits per heavy atom. The minimum atomic E-state index is -1.38. The van der Waals surface area contributed by atoms with Crippen molar-refractivity contribution in [2.45, 2.75) is 32.4 Å². The zero-order valence-electron chi connectivity index (χ0n) is 11.4. The number of amides is 1. The highest BCUT2D eigenvalue weighted by molar-refractivity contribution is 5.95. The van der Waals surface area contributed by atoms with Crippen molar-refractivity contribution in [3.63, 3.8) is 0 Å². The van der Waals surface area contributed by atoms with Gasteiger partial charge in [-0.25, -0.2) is 4.39 Å². The van der Waals surface area contributed by atoms with Crippen LogP contribution in [0.4, 0.5) is 14.5 Å². The summed E-state index contributed by atoms with van der Waals surface area (Å²) in [6.07, 6.45) is -0.313. The first-order chi connectivity index (χ1) is 9.64. The van der Waals surface area contributed by atoms with Gasteiger partial charge < -0.3 is 10.4 Å². The van der Waals surface area contributed by atoms with Crippen LogP contribution in [-0.4, -0.2) is 28.1 Å². The predicted octanol–water partition coefficient (Wildman–Crippen LogP) is 1.76. The molecule has 114 valence electrons. The van der Waals surface area contributed by atoms with E-state index in [2.05, 4.69) is 5.32 Å². The minimum absolute atomic E-state index is 0.289. The summed E-state index contributed by atoms with van der Waals surface area (Å²) in [6.45, 7) is 3.44.